The number of nitrogens with zero attached hydrogens (tertiary/aromatic N) is 1. The van der Waals surface area contributed by atoms with E-state index < -0.39 is 17.5 Å². The van der Waals surface area contributed by atoms with Crippen LogP contribution in [-0.4, -0.2) is 29.9 Å². The second-order valence-corrected chi connectivity index (χ2v) is 4.72. The lowest BCUT2D eigenvalue weighted by Crippen LogP contribution is -2.34. The van der Waals surface area contributed by atoms with Crippen molar-refractivity contribution >= 4 is 29.0 Å². The number of aliphatic hydroxyl groups excluding tert-OH is 1. The number of rotatable bonds is 3. The van der Waals surface area contributed by atoms with Crippen molar-refractivity contribution in [1.82, 2.24) is 0 Å². The summed E-state index contributed by atoms with van der Waals surface area (Å²) in [5.41, 5.74) is 0.323. The summed E-state index contributed by atoms with van der Waals surface area (Å²) < 4.78 is 13.4. The lowest BCUT2D eigenvalue weighted by atomic mass is 10.1. The van der Waals surface area contributed by atoms with E-state index >= 15 is 0 Å². The van der Waals surface area contributed by atoms with Crippen molar-refractivity contribution in [2.45, 2.75) is 6.92 Å². The second kappa shape index (κ2) is 4.66. The van der Waals surface area contributed by atoms with E-state index in [0.717, 1.165) is 12.1 Å². The third kappa shape index (κ3) is 2.00. The molecular formula is C12H11ClFNO3. The molecule has 0 aromatic heterocycles. The fourth-order valence-corrected chi connectivity index (χ4v) is 2.00. The van der Waals surface area contributed by atoms with Gasteiger partial charge in [-0.2, -0.15) is 0 Å². The third-order valence-corrected chi connectivity index (χ3v) is 3.11. The number of ketones is 1. The summed E-state index contributed by atoms with van der Waals surface area (Å²) in [6.45, 7) is 1.76. The number of carbonyl (C=O) groups is 2. The van der Waals surface area contributed by atoms with Crippen molar-refractivity contribution in [3.05, 3.63) is 28.5 Å². The molecule has 1 unspecified atom stereocenters. The smallest absolute Gasteiger partial charge is 0.299 e. The molecule has 1 aromatic carbocycles. The van der Waals surface area contributed by atoms with Crippen LogP contribution >= 0.6 is 11.6 Å². The molecule has 1 aliphatic rings. The Hall–Kier alpha value is -1.46. The molecule has 1 N–H and O–H groups in total. The standard InChI is InChI=1S/C12H11ClFNO3/c1-6(5-16)4-15-10-3-9(14)8(13)2-7(10)11(17)12(15)18/h2-3,6,16H,4-5H2,1H3. The number of halogens is 2. The maximum atomic E-state index is 13.4. The van der Waals surface area contributed by atoms with Crippen LogP contribution in [0.1, 0.15) is 17.3 Å². The Morgan fingerprint density at radius 1 is 1.44 bits per heavy atom. The van der Waals surface area contributed by atoms with E-state index in [9.17, 15) is 14.0 Å². The molecule has 1 aromatic rings. The van der Waals surface area contributed by atoms with Gasteiger partial charge in [-0.1, -0.05) is 18.5 Å². The van der Waals surface area contributed by atoms with Crippen molar-refractivity contribution in [3.63, 3.8) is 0 Å². The van der Waals surface area contributed by atoms with Crippen LogP contribution in [0.2, 0.25) is 5.02 Å². The first kappa shape index (κ1) is 13.0. The Bertz CT molecular complexity index is 532. The molecule has 6 heteroatoms. The molecule has 0 fully saturated rings. The molecule has 0 radical (unpaired) electrons. The van der Waals surface area contributed by atoms with Crippen molar-refractivity contribution in [2.24, 2.45) is 5.92 Å². The average molecular weight is 272 g/mol. The predicted octanol–water partition coefficient (Wildman–Crippen LogP) is 1.64. The molecule has 0 spiro atoms. The number of anilines is 1. The van der Waals surface area contributed by atoms with Crippen LogP contribution in [0, 0.1) is 11.7 Å². The van der Waals surface area contributed by atoms with Gasteiger partial charge >= 0.3 is 0 Å². The van der Waals surface area contributed by atoms with E-state index in [1.807, 2.05) is 0 Å². The average Bonchev–Trinajstić information content (AvgIpc) is 2.56. The molecular weight excluding hydrogens is 261 g/mol. The van der Waals surface area contributed by atoms with Crippen LogP contribution in [0.5, 0.6) is 0 Å². The molecule has 96 valence electrons. The van der Waals surface area contributed by atoms with Gasteiger partial charge in [0.15, 0.2) is 0 Å². The van der Waals surface area contributed by atoms with Gasteiger partial charge in [0, 0.05) is 13.2 Å². The van der Waals surface area contributed by atoms with E-state index in [1.54, 1.807) is 6.92 Å². The quantitative estimate of drug-likeness (QED) is 0.850. The molecule has 0 saturated heterocycles. The van der Waals surface area contributed by atoms with Gasteiger partial charge in [-0.25, -0.2) is 4.39 Å². The fourth-order valence-electron chi connectivity index (χ4n) is 1.84. The summed E-state index contributed by atoms with van der Waals surface area (Å²) in [6.07, 6.45) is 0. The molecule has 1 heterocycles. The van der Waals surface area contributed by atoms with Gasteiger partial charge in [-0.15, -0.1) is 0 Å². The molecule has 4 nitrogen and oxygen atoms in total. The molecule has 0 bridgehead atoms. The zero-order valence-corrected chi connectivity index (χ0v) is 10.4. The highest BCUT2D eigenvalue weighted by atomic mass is 35.5. The minimum absolute atomic E-state index is 0.108. The summed E-state index contributed by atoms with van der Waals surface area (Å²) in [7, 11) is 0. The Morgan fingerprint density at radius 2 is 2.11 bits per heavy atom. The van der Waals surface area contributed by atoms with Crippen molar-refractivity contribution in [3.8, 4) is 0 Å². The Balaban J connectivity index is 2.45. The van der Waals surface area contributed by atoms with Crippen molar-refractivity contribution in [1.29, 1.82) is 0 Å². The first-order valence-electron chi connectivity index (χ1n) is 5.41. The molecule has 1 amide bonds. The largest absolute Gasteiger partial charge is 0.396 e. The second-order valence-electron chi connectivity index (χ2n) is 4.32. The predicted molar refractivity (Wildman–Crippen MR) is 64.3 cm³/mol. The minimum atomic E-state index is -0.716. The number of benzene rings is 1. The number of hydrogen-bond donors (Lipinski definition) is 1. The summed E-state index contributed by atoms with van der Waals surface area (Å²) in [4.78, 5) is 24.6. The van der Waals surface area contributed by atoms with Crippen LogP contribution in [0.4, 0.5) is 10.1 Å². The topological polar surface area (TPSA) is 57.6 Å². The van der Waals surface area contributed by atoms with Crippen molar-refractivity contribution < 1.29 is 19.1 Å². The maximum absolute atomic E-state index is 13.4. The van der Waals surface area contributed by atoms with E-state index in [-0.39, 0.29) is 35.3 Å². The van der Waals surface area contributed by atoms with E-state index in [4.69, 9.17) is 16.7 Å². The van der Waals surface area contributed by atoms with Gasteiger partial charge in [-0.3, -0.25) is 9.59 Å². The number of fused-ring (bicyclic) bond motifs is 1. The van der Waals surface area contributed by atoms with Gasteiger partial charge in [0.05, 0.1) is 16.3 Å². The SMILES string of the molecule is CC(CO)CN1C(=O)C(=O)c2cc(Cl)c(F)cc21. The van der Waals surface area contributed by atoms with Crippen LogP contribution in [0.15, 0.2) is 12.1 Å². The summed E-state index contributed by atoms with van der Waals surface area (Å²) in [5, 5.41) is 8.79. The summed E-state index contributed by atoms with van der Waals surface area (Å²) in [5.74, 6) is -2.30. The third-order valence-electron chi connectivity index (χ3n) is 2.82. The molecule has 0 aliphatic carbocycles. The van der Waals surface area contributed by atoms with Gasteiger partial charge in [-0.05, 0) is 18.1 Å². The van der Waals surface area contributed by atoms with Crippen LogP contribution in [-0.2, 0) is 4.79 Å². The van der Waals surface area contributed by atoms with E-state index in [2.05, 4.69) is 0 Å². The fraction of sp³-hybridized carbons (Fsp3) is 0.333. The summed E-state index contributed by atoms with van der Waals surface area (Å²) in [6, 6.07) is 2.24. The zero-order valence-electron chi connectivity index (χ0n) is 9.61. The maximum Gasteiger partial charge on any atom is 0.299 e. The van der Waals surface area contributed by atoms with Crippen LogP contribution in [0.25, 0.3) is 0 Å². The number of carbonyl (C=O) groups excluding carboxylic acids is 2. The Kier molecular flexibility index (Phi) is 3.36. The van der Waals surface area contributed by atoms with Crippen LogP contribution in [0.3, 0.4) is 0 Å². The minimum Gasteiger partial charge on any atom is -0.396 e. The normalized spacial score (nSPS) is 16.1. The number of Topliss-reactive ketones (excluding diaryl/α,β-unsaturated/α-hetero) is 1. The van der Waals surface area contributed by atoms with Gasteiger partial charge < -0.3 is 10.0 Å². The van der Waals surface area contributed by atoms with Gasteiger partial charge in [0.2, 0.25) is 0 Å². The highest BCUT2D eigenvalue weighted by molar-refractivity contribution is 6.52. The lowest BCUT2D eigenvalue weighted by Gasteiger charge is -2.19. The zero-order chi connectivity index (χ0) is 13.4. The molecule has 2 rings (SSSR count). The molecule has 18 heavy (non-hydrogen) atoms. The lowest BCUT2D eigenvalue weighted by molar-refractivity contribution is -0.114. The Labute approximate surface area is 108 Å². The molecule has 1 atom stereocenters. The number of hydrogen-bond acceptors (Lipinski definition) is 3. The van der Waals surface area contributed by atoms with E-state index in [1.165, 1.54) is 4.90 Å². The molecule has 1 aliphatic heterocycles. The first-order chi connectivity index (χ1) is 8.45. The monoisotopic (exact) mass is 271 g/mol. The van der Waals surface area contributed by atoms with Gasteiger partial charge in [0.1, 0.15) is 5.82 Å². The highest BCUT2D eigenvalue weighted by Gasteiger charge is 2.37. The first-order valence-corrected chi connectivity index (χ1v) is 5.79. The van der Waals surface area contributed by atoms with Gasteiger partial charge in [0.25, 0.3) is 11.7 Å². The van der Waals surface area contributed by atoms with Crippen molar-refractivity contribution in [2.75, 3.05) is 18.1 Å². The Morgan fingerprint density at radius 3 is 2.72 bits per heavy atom. The molecule has 0 saturated carbocycles. The summed E-state index contributed by atoms with van der Waals surface area (Å²) >= 11 is 5.59. The number of aliphatic hydroxyl groups is 1. The highest BCUT2D eigenvalue weighted by Crippen LogP contribution is 2.33. The van der Waals surface area contributed by atoms with E-state index in [0.29, 0.717) is 0 Å². The number of amides is 1. The van der Waals surface area contributed by atoms with Crippen LogP contribution < -0.4 is 4.90 Å².